The van der Waals surface area contributed by atoms with Crippen molar-refractivity contribution >= 4 is 11.8 Å². The molecule has 1 aromatic rings. The van der Waals surface area contributed by atoms with E-state index in [9.17, 15) is 9.59 Å². The van der Waals surface area contributed by atoms with Crippen molar-refractivity contribution in [2.45, 2.75) is 71.9 Å². The lowest BCUT2D eigenvalue weighted by atomic mass is 9.90. The van der Waals surface area contributed by atoms with E-state index in [0.717, 1.165) is 57.4 Å². The number of piperazine rings is 1. The van der Waals surface area contributed by atoms with E-state index >= 15 is 0 Å². The third-order valence-electron chi connectivity index (χ3n) is 6.54. The standard InChI is InChI=1S/C25H40N4O2/c1-18(2)15-22-24(30)29(14-11-27-22)23(16-19(3)4)25(31)28-12-8-20(9-13-28)17-21-7-5-6-10-26-21/h5-7,10,18-20,22-23,27H,8-9,11-17H2,1-4H3/t22-,23-/m0/s1. The Balaban J connectivity index is 1.63. The Hall–Kier alpha value is -1.95. The lowest BCUT2D eigenvalue weighted by Gasteiger charge is -2.42. The smallest absolute Gasteiger partial charge is 0.245 e. The van der Waals surface area contributed by atoms with Gasteiger partial charge in [-0.1, -0.05) is 33.8 Å². The van der Waals surface area contributed by atoms with E-state index in [2.05, 4.69) is 44.1 Å². The van der Waals surface area contributed by atoms with Crippen molar-refractivity contribution in [1.82, 2.24) is 20.1 Å². The molecule has 6 heteroatoms. The third-order valence-corrected chi connectivity index (χ3v) is 6.54. The van der Waals surface area contributed by atoms with Gasteiger partial charge in [0.1, 0.15) is 6.04 Å². The topological polar surface area (TPSA) is 65.5 Å². The molecule has 0 bridgehead atoms. The molecule has 1 aromatic heterocycles. The molecule has 0 spiro atoms. The van der Waals surface area contributed by atoms with Gasteiger partial charge in [-0.3, -0.25) is 14.6 Å². The first-order chi connectivity index (χ1) is 14.8. The minimum atomic E-state index is -0.336. The summed E-state index contributed by atoms with van der Waals surface area (Å²) in [6, 6.07) is 5.56. The summed E-state index contributed by atoms with van der Waals surface area (Å²) in [7, 11) is 0. The number of carbonyl (C=O) groups excluding carboxylic acids is 2. The second kappa shape index (κ2) is 11.1. The fourth-order valence-corrected chi connectivity index (χ4v) is 4.91. The molecule has 2 aliphatic rings. The van der Waals surface area contributed by atoms with Gasteiger partial charge >= 0.3 is 0 Å². The van der Waals surface area contributed by atoms with E-state index in [4.69, 9.17) is 0 Å². The molecule has 2 amide bonds. The van der Waals surface area contributed by atoms with E-state index in [-0.39, 0.29) is 23.9 Å². The highest BCUT2D eigenvalue weighted by atomic mass is 16.2. The largest absolute Gasteiger partial charge is 0.341 e. The van der Waals surface area contributed by atoms with E-state index in [1.54, 1.807) is 0 Å². The minimum absolute atomic E-state index is 0.101. The minimum Gasteiger partial charge on any atom is -0.341 e. The van der Waals surface area contributed by atoms with E-state index in [1.807, 2.05) is 28.1 Å². The number of hydrogen-bond acceptors (Lipinski definition) is 4. The number of likely N-dealkylation sites (tertiary alicyclic amines) is 1. The predicted molar refractivity (Wildman–Crippen MR) is 123 cm³/mol. The Kier molecular flexibility index (Phi) is 8.47. The number of nitrogens with zero attached hydrogens (tertiary/aromatic N) is 3. The molecule has 2 fully saturated rings. The molecule has 0 aliphatic carbocycles. The summed E-state index contributed by atoms with van der Waals surface area (Å²) in [5.74, 6) is 1.62. The Morgan fingerprint density at radius 1 is 1.13 bits per heavy atom. The van der Waals surface area contributed by atoms with Crippen molar-refractivity contribution in [3.05, 3.63) is 30.1 Å². The SMILES string of the molecule is CC(C)C[C@@H]1NCCN([C@@H](CC(C)C)C(=O)N2CCC(Cc3ccccn3)CC2)C1=O. The van der Waals surface area contributed by atoms with Gasteiger partial charge in [-0.2, -0.15) is 0 Å². The predicted octanol–water partition coefficient (Wildman–Crippen LogP) is 3.12. The van der Waals surface area contributed by atoms with Gasteiger partial charge in [0.2, 0.25) is 11.8 Å². The maximum Gasteiger partial charge on any atom is 0.245 e. The lowest BCUT2D eigenvalue weighted by Crippen LogP contribution is -2.62. The highest BCUT2D eigenvalue weighted by molar-refractivity contribution is 5.90. The van der Waals surface area contributed by atoms with E-state index in [1.165, 1.54) is 0 Å². The summed E-state index contributed by atoms with van der Waals surface area (Å²) in [5, 5.41) is 3.36. The van der Waals surface area contributed by atoms with Gasteiger partial charge in [0.05, 0.1) is 6.04 Å². The van der Waals surface area contributed by atoms with Crippen molar-refractivity contribution in [1.29, 1.82) is 0 Å². The molecule has 0 saturated carbocycles. The summed E-state index contributed by atoms with van der Waals surface area (Å²) >= 11 is 0. The monoisotopic (exact) mass is 428 g/mol. The third kappa shape index (κ3) is 6.52. The number of carbonyl (C=O) groups is 2. The first-order valence-corrected chi connectivity index (χ1v) is 12.1. The molecule has 3 heterocycles. The zero-order valence-electron chi connectivity index (χ0n) is 19.7. The summed E-state index contributed by atoms with van der Waals surface area (Å²) in [5.41, 5.74) is 1.13. The highest BCUT2D eigenvalue weighted by Crippen LogP contribution is 2.25. The maximum absolute atomic E-state index is 13.6. The molecule has 6 nitrogen and oxygen atoms in total. The van der Waals surface area contributed by atoms with Crippen LogP contribution in [0.15, 0.2) is 24.4 Å². The van der Waals surface area contributed by atoms with E-state index < -0.39 is 0 Å². The van der Waals surface area contributed by atoms with Crippen molar-refractivity contribution in [2.24, 2.45) is 17.8 Å². The second-order valence-electron chi connectivity index (χ2n) is 10.1. The van der Waals surface area contributed by atoms with Gasteiger partial charge in [-0.25, -0.2) is 0 Å². The van der Waals surface area contributed by atoms with Crippen LogP contribution in [-0.2, 0) is 16.0 Å². The molecule has 0 radical (unpaired) electrons. The van der Waals surface area contributed by atoms with Gasteiger partial charge in [0, 0.05) is 38.1 Å². The quantitative estimate of drug-likeness (QED) is 0.691. The first kappa shape index (κ1) is 23.7. The van der Waals surface area contributed by atoms with Gasteiger partial charge < -0.3 is 15.1 Å². The summed E-state index contributed by atoms with van der Waals surface area (Å²) < 4.78 is 0. The molecule has 2 saturated heterocycles. The van der Waals surface area contributed by atoms with Crippen molar-refractivity contribution < 1.29 is 9.59 Å². The van der Waals surface area contributed by atoms with Crippen LogP contribution >= 0.6 is 0 Å². The zero-order chi connectivity index (χ0) is 22.4. The second-order valence-corrected chi connectivity index (χ2v) is 10.1. The molecule has 31 heavy (non-hydrogen) atoms. The summed E-state index contributed by atoms with van der Waals surface area (Å²) in [6.45, 7) is 11.5. The number of rotatable bonds is 8. The van der Waals surface area contributed by atoms with Crippen LogP contribution in [-0.4, -0.2) is 64.9 Å². The van der Waals surface area contributed by atoms with Crippen LogP contribution in [0.25, 0.3) is 0 Å². The molecular weight excluding hydrogens is 388 g/mol. The molecule has 2 atom stereocenters. The van der Waals surface area contributed by atoms with Crippen molar-refractivity contribution in [3.63, 3.8) is 0 Å². The maximum atomic E-state index is 13.6. The molecule has 172 valence electrons. The molecule has 3 rings (SSSR count). The highest BCUT2D eigenvalue weighted by Gasteiger charge is 2.39. The Bertz CT molecular complexity index is 713. The van der Waals surface area contributed by atoms with Gasteiger partial charge in [-0.05, 0) is 62.0 Å². The van der Waals surface area contributed by atoms with Crippen LogP contribution in [0.5, 0.6) is 0 Å². The molecule has 0 unspecified atom stereocenters. The fourth-order valence-electron chi connectivity index (χ4n) is 4.91. The number of pyridine rings is 1. The van der Waals surface area contributed by atoms with E-state index in [0.29, 0.717) is 24.3 Å². The lowest BCUT2D eigenvalue weighted by molar-refractivity contribution is -0.150. The van der Waals surface area contributed by atoms with Crippen LogP contribution in [0, 0.1) is 17.8 Å². The van der Waals surface area contributed by atoms with Crippen LogP contribution in [0.1, 0.15) is 59.1 Å². The molecule has 2 aliphatic heterocycles. The van der Waals surface area contributed by atoms with Crippen molar-refractivity contribution in [3.8, 4) is 0 Å². The number of piperidine rings is 1. The summed E-state index contributed by atoms with van der Waals surface area (Å²) in [6.07, 6.45) is 6.38. The fraction of sp³-hybridized carbons (Fsp3) is 0.720. The normalized spacial score (nSPS) is 21.7. The Labute approximate surface area is 187 Å². The first-order valence-electron chi connectivity index (χ1n) is 12.1. The summed E-state index contributed by atoms with van der Waals surface area (Å²) in [4.78, 5) is 35.1. The molecule has 0 aromatic carbocycles. The van der Waals surface area contributed by atoms with Gasteiger partial charge in [0.15, 0.2) is 0 Å². The molecule has 1 N–H and O–H groups in total. The van der Waals surface area contributed by atoms with Gasteiger partial charge in [-0.15, -0.1) is 0 Å². The zero-order valence-corrected chi connectivity index (χ0v) is 19.7. The van der Waals surface area contributed by atoms with Gasteiger partial charge in [0.25, 0.3) is 0 Å². The molecular formula is C25H40N4O2. The number of hydrogen-bond donors (Lipinski definition) is 1. The number of amides is 2. The Morgan fingerprint density at radius 3 is 2.48 bits per heavy atom. The van der Waals surface area contributed by atoms with Crippen LogP contribution in [0.3, 0.4) is 0 Å². The van der Waals surface area contributed by atoms with Crippen LogP contribution < -0.4 is 5.32 Å². The number of aromatic nitrogens is 1. The average molecular weight is 429 g/mol. The van der Waals surface area contributed by atoms with Crippen LogP contribution in [0.2, 0.25) is 0 Å². The van der Waals surface area contributed by atoms with Crippen LogP contribution in [0.4, 0.5) is 0 Å². The Morgan fingerprint density at radius 2 is 1.87 bits per heavy atom. The van der Waals surface area contributed by atoms with Crippen molar-refractivity contribution in [2.75, 3.05) is 26.2 Å². The number of nitrogens with one attached hydrogen (secondary N) is 1. The average Bonchev–Trinajstić information content (AvgIpc) is 2.74.